The van der Waals surface area contributed by atoms with Crippen LogP contribution in [0.4, 0.5) is 5.69 Å². The van der Waals surface area contributed by atoms with E-state index in [2.05, 4.69) is 15.6 Å². The molecular weight excluding hydrogens is 338 g/mol. The minimum absolute atomic E-state index is 0.185. The summed E-state index contributed by atoms with van der Waals surface area (Å²) >= 11 is 0. The fourth-order valence-corrected chi connectivity index (χ4v) is 3.14. The van der Waals surface area contributed by atoms with Crippen molar-refractivity contribution in [2.24, 2.45) is 5.92 Å². The Balaban J connectivity index is 1.68. The highest BCUT2D eigenvalue weighted by Crippen LogP contribution is 2.30. The van der Waals surface area contributed by atoms with E-state index in [9.17, 15) is 9.59 Å². The van der Waals surface area contributed by atoms with Crippen molar-refractivity contribution in [3.05, 3.63) is 64.8 Å². The maximum absolute atomic E-state index is 12.7. The number of benzene rings is 2. The Morgan fingerprint density at radius 3 is 2.41 bits per heavy atom. The van der Waals surface area contributed by atoms with E-state index < -0.39 is 0 Å². The molecule has 0 bridgehead atoms. The molecule has 27 heavy (non-hydrogen) atoms. The molecule has 138 valence electrons. The number of carbonyl (C=O) groups excluding carboxylic acids is 2. The normalized spacial score (nSPS) is 13.6. The molecule has 0 unspecified atom stereocenters. The summed E-state index contributed by atoms with van der Waals surface area (Å²) in [6.45, 7) is 4.65. The zero-order chi connectivity index (χ0) is 19.0. The summed E-state index contributed by atoms with van der Waals surface area (Å²) in [6.07, 6.45) is 2.34. The molecule has 1 aromatic heterocycles. The second-order valence-electron chi connectivity index (χ2n) is 7.40. The predicted octanol–water partition coefficient (Wildman–Crippen LogP) is 4.18. The predicted molar refractivity (Wildman–Crippen MR) is 107 cm³/mol. The smallest absolute Gasteiger partial charge is 0.269 e. The van der Waals surface area contributed by atoms with Gasteiger partial charge in [-0.25, -0.2) is 0 Å². The second-order valence-corrected chi connectivity index (χ2v) is 7.40. The van der Waals surface area contributed by atoms with Crippen LogP contribution in [0, 0.1) is 19.8 Å². The van der Waals surface area contributed by atoms with Gasteiger partial charge in [0.15, 0.2) is 0 Å². The highest BCUT2D eigenvalue weighted by molar-refractivity contribution is 6.15. The van der Waals surface area contributed by atoms with Gasteiger partial charge in [0, 0.05) is 23.0 Å². The van der Waals surface area contributed by atoms with Gasteiger partial charge in [-0.15, -0.1) is 0 Å². The first kappa shape index (κ1) is 17.3. The summed E-state index contributed by atoms with van der Waals surface area (Å²) in [6, 6.07) is 13.3. The molecule has 3 aromatic rings. The van der Waals surface area contributed by atoms with E-state index in [1.54, 1.807) is 12.1 Å². The van der Waals surface area contributed by atoms with Crippen LogP contribution in [0.3, 0.4) is 0 Å². The number of amides is 2. The maximum Gasteiger partial charge on any atom is 0.269 e. The average molecular weight is 361 g/mol. The number of aromatic amines is 1. The van der Waals surface area contributed by atoms with Gasteiger partial charge in [0.25, 0.3) is 11.8 Å². The molecule has 0 saturated heterocycles. The Kier molecular flexibility index (Phi) is 4.44. The first-order chi connectivity index (χ1) is 13.0. The van der Waals surface area contributed by atoms with Crippen LogP contribution in [-0.4, -0.2) is 23.3 Å². The molecule has 0 atom stereocenters. The molecular formula is C22H23N3O2. The van der Waals surface area contributed by atoms with Crippen LogP contribution in [0.1, 0.15) is 44.8 Å². The average Bonchev–Trinajstić information content (AvgIpc) is 3.42. The Bertz CT molecular complexity index is 1010. The van der Waals surface area contributed by atoms with E-state index in [-0.39, 0.29) is 11.8 Å². The SMILES string of the molecule is Cc1ccc(C(=O)Nc2c(C(=O)NCC3CC3)[nH]c3ccc(C)cc23)cc1. The zero-order valence-electron chi connectivity index (χ0n) is 15.6. The number of anilines is 1. The van der Waals surface area contributed by atoms with Crippen LogP contribution in [0.15, 0.2) is 42.5 Å². The number of hydrogen-bond donors (Lipinski definition) is 3. The summed E-state index contributed by atoms with van der Waals surface area (Å²) in [5.41, 5.74) is 4.49. The molecule has 1 aliphatic rings. The molecule has 0 aliphatic heterocycles. The van der Waals surface area contributed by atoms with Gasteiger partial charge in [-0.05, 0) is 56.9 Å². The van der Waals surface area contributed by atoms with Crippen molar-refractivity contribution in [3.8, 4) is 0 Å². The van der Waals surface area contributed by atoms with Crippen LogP contribution in [0.25, 0.3) is 10.9 Å². The van der Waals surface area contributed by atoms with Crippen molar-refractivity contribution in [3.63, 3.8) is 0 Å². The van der Waals surface area contributed by atoms with Crippen molar-refractivity contribution < 1.29 is 9.59 Å². The summed E-state index contributed by atoms with van der Waals surface area (Å²) in [5.74, 6) is 0.176. The maximum atomic E-state index is 12.7. The molecule has 0 radical (unpaired) electrons. The molecule has 2 amide bonds. The lowest BCUT2D eigenvalue weighted by Crippen LogP contribution is -2.27. The monoisotopic (exact) mass is 361 g/mol. The fraction of sp³-hybridized carbons (Fsp3) is 0.273. The van der Waals surface area contributed by atoms with E-state index in [1.165, 1.54) is 12.8 Å². The summed E-state index contributed by atoms with van der Waals surface area (Å²) in [7, 11) is 0. The van der Waals surface area contributed by atoms with Crippen molar-refractivity contribution in [1.82, 2.24) is 10.3 Å². The number of aromatic nitrogens is 1. The minimum atomic E-state index is -0.228. The lowest BCUT2D eigenvalue weighted by molar-refractivity contribution is 0.0948. The highest BCUT2D eigenvalue weighted by Gasteiger charge is 2.24. The number of aryl methyl sites for hydroxylation is 2. The molecule has 4 rings (SSSR count). The van der Waals surface area contributed by atoms with Crippen molar-refractivity contribution >= 4 is 28.4 Å². The lowest BCUT2D eigenvalue weighted by atomic mass is 10.1. The van der Waals surface area contributed by atoms with Crippen molar-refractivity contribution in [2.75, 3.05) is 11.9 Å². The Hall–Kier alpha value is -3.08. The molecule has 1 saturated carbocycles. The standard InChI is InChI=1S/C22H23N3O2/c1-13-3-8-16(9-4-13)21(26)25-19-17-11-14(2)5-10-18(17)24-20(19)22(27)23-12-15-6-7-15/h3-5,8-11,15,24H,6-7,12H2,1-2H3,(H,23,27)(H,25,26). The Labute approximate surface area is 158 Å². The summed E-state index contributed by atoms with van der Waals surface area (Å²) in [4.78, 5) is 28.6. The molecule has 5 nitrogen and oxygen atoms in total. The van der Waals surface area contributed by atoms with Crippen LogP contribution in [0.2, 0.25) is 0 Å². The van der Waals surface area contributed by atoms with E-state index in [0.717, 1.165) is 22.0 Å². The topological polar surface area (TPSA) is 74.0 Å². The zero-order valence-corrected chi connectivity index (χ0v) is 15.6. The molecule has 1 fully saturated rings. The molecule has 1 aliphatic carbocycles. The number of carbonyl (C=O) groups is 2. The second kappa shape index (κ2) is 6.91. The van der Waals surface area contributed by atoms with Gasteiger partial charge >= 0.3 is 0 Å². The van der Waals surface area contributed by atoms with E-state index >= 15 is 0 Å². The quantitative estimate of drug-likeness (QED) is 0.638. The third-order valence-corrected chi connectivity index (χ3v) is 4.98. The Morgan fingerprint density at radius 1 is 1.00 bits per heavy atom. The van der Waals surface area contributed by atoms with E-state index in [0.29, 0.717) is 29.4 Å². The number of fused-ring (bicyclic) bond motifs is 1. The number of H-pyrrole nitrogens is 1. The fourth-order valence-electron chi connectivity index (χ4n) is 3.14. The summed E-state index contributed by atoms with van der Waals surface area (Å²) in [5, 5.41) is 6.77. The van der Waals surface area contributed by atoms with Crippen molar-refractivity contribution in [2.45, 2.75) is 26.7 Å². The van der Waals surface area contributed by atoms with Crippen molar-refractivity contribution in [1.29, 1.82) is 0 Å². The van der Waals surface area contributed by atoms with Gasteiger partial charge < -0.3 is 15.6 Å². The third-order valence-electron chi connectivity index (χ3n) is 4.98. The molecule has 0 spiro atoms. The van der Waals surface area contributed by atoms with Gasteiger partial charge in [0.05, 0.1) is 5.69 Å². The van der Waals surface area contributed by atoms with Gasteiger partial charge in [0.1, 0.15) is 5.69 Å². The highest BCUT2D eigenvalue weighted by atomic mass is 16.2. The van der Waals surface area contributed by atoms with Gasteiger partial charge in [-0.2, -0.15) is 0 Å². The van der Waals surface area contributed by atoms with E-state index in [4.69, 9.17) is 0 Å². The van der Waals surface area contributed by atoms with Gasteiger partial charge in [-0.3, -0.25) is 9.59 Å². The van der Waals surface area contributed by atoms with Gasteiger partial charge in [-0.1, -0.05) is 29.3 Å². The number of rotatable bonds is 5. The number of hydrogen-bond acceptors (Lipinski definition) is 2. The third kappa shape index (κ3) is 3.72. The first-order valence-corrected chi connectivity index (χ1v) is 9.30. The molecule has 2 aromatic carbocycles. The van der Waals surface area contributed by atoms with Crippen LogP contribution >= 0.6 is 0 Å². The van der Waals surface area contributed by atoms with Crippen LogP contribution < -0.4 is 10.6 Å². The lowest BCUT2D eigenvalue weighted by Gasteiger charge is -2.09. The van der Waals surface area contributed by atoms with E-state index in [1.807, 2.05) is 44.2 Å². The van der Waals surface area contributed by atoms with Crippen LogP contribution in [-0.2, 0) is 0 Å². The first-order valence-electron chi connectivity index (χ1n) is 9.30. The van der Waals surface area contributed by atoms with Gasteiger partial charge in [0.2, 0.25) is 0 Å². The van der Waals surface area contributed by atoms with Crippen LogP contribution in [0.5, 0.6) is 0 Å². The molecule has 3 N–H and O–H groups in total. The number of nitrogens with one attached hydrogen (secondary N) is 3. The summed E-state index contributed by atoms with van der Waals surface area (Å²) < 4.78 is 0. The molecule has 5 heteroatoms. The largest absolute Gasteiger partial charge is 0.350 e. The molecule has 1 heterocycles. The Morgan fingerprint density at radius 2 is 1.70 bits per heavy atom. The minimum Gasteiger partial charge on any atom is -0.350 e.